The van der Waals surface area contributed by atoms with E-state index in [0.717, 1.165) is 0 Å². The summed E-state index contributed by atoms with van der Waals surface area (Å²) in [6.07, 6.45) is 0.0535. The molecule has 3 aromatic carbocycles. The Morgan fingerprint density at radius 3 is 2.26 bits per heavy atom. The number of rotatable bonds is 8. The second-order valence-electron chi connectivity index (χ2n) is 6.52. The Balaban J connectivity index is 1.82. The molecular formula is C22H21ClN2O5S. The fourth-order valence-electron chi connectivity index (χ4n) is 2.85. The molecule has 0 heterocycles. The van der Waals surface area contributed by atoms with Gasteiger partial charge in [0.1, 0.15) is 16.4 Å². The molecule has 3 rings (SSSR count). The van der Waals surface area contributed by atoms with Crippen LogP contribution in [0.4, 0.5) is 11.4 Å². The molecule has 0 aromatic heterocycles. The van der Waals surface area contributed by atoms with Crippen molar-refractivity contribution >= 4 is 38.9 Å². The van der Waals surface area contributed by atoms with Crippen molar-refractivity contribution in [1.29, 1.82) is 0 Å². The lowest BCUT2D eigenvalue weighted by molar-refractivity contribution is -0.115. The quantitative estimate of drug-likeness (QED) is 0.521. The number of nitrogens with one attached hydrogen (secondary N) is 2. The van der Waals surface area contributed by atoms with Crippen molar-refractivity contribution in [3.05, 3.63) is 77.3 Å². The maximum atomic E-state index is 13.0. The van der Waals surface area contributed by atoms with E-state index in [0.29, 0.717) is 27.7 Å². The fraction of sp³-hybridized carbons (Fsp3) is 0.136. The molecule has 7 nitrogen and oxygen atoms in total. The Kier molecular flexibility index (Phi) is 7.04. The third-order valence-corrected chi connectivity index (χ3v) is 6.16. The Morgan fingerprint density at radius 2 is 1.61 bits per heavy atom. The highest BCUT2D eigenvalue weighted by Gasteiger charge is 2.21. The lowest BCUT2D eigenvalue weighted by Gasteiger charge is -2.14. The molecule has 0 atom stereocenters. The number of amides is 1. The van der Waals surface area contributed by atoms with Crippen LogP contribution in [0.1, 0.15) is 5.56 Å². The molecule has 0 saturated carbocycles. The number of hydrogen-bond acceptors (Lipinski definition) is 5. The Labute approximate surface area is 186 Å². The SMILES string of the molecule is COc1ccc(NS(=O)(=O)c2cc(NC(=O)Cc3ccccc3Cl)ccc2OC)cc1. The average Bonchev–Trinajstić information content (AvgIpc) is 2.75. The van der Waals surface area contributed by atoms with Crippen LogP contribution in [-0.4, -0.2) is 28.5 Å². The third-order valence-electron chi connectivity index (χ3n) is 4.39. The highest BCUT2D eigenvalue weighted by Crippen LogP contribution is 2.29. The van der Waals surface area contributed by atoms with E-state index < -0.39 is 10.0 Å². The van der Waals surface area contributed by atoms with Crippen molar-refractivity contribution in [3.8, 4) is 11.5 Å². The van der Waals surface area contributed by atoms with Crippen molar-refractivity contribution in [2.45, 2.75) is 11.3 Å². The zero-order valence-corrected chi connectivity index (χ0v) is 18.5. The first-order valence-electron chi connectivity index (χ1n) is 9.20. The van der Waals surface area contributed by atoms with Crippen LogP contribution in [0.15, 0.2) is 71.6 Å². The number of halogens is 1. The second-order valence-corrected chi connectivity index (χ2v) is 8.57. The van der Waals surface area contributed by atoms with E-state index in [4.69, 9.17) is 21.1 Å². The topological polar surface area (TPSA) is 93.7 Å². The molecule has 0 aliphatic carbocycles. The van der Waals surface area contributed by atoms with E-state index in [-0.39, 0.29) is 23.0 Å². The molecule has 0 fully saturated rings. The minimum Gasteiger partial charge on any atom is -0.497 e. The molecule has 9 heteroatoms. The molecule has 0 unspecified atom stereocenters. The van der Waals surface area contributed by atoms with Gasteiger partial charge < -0.3 is 14.8 Å². The summed E-state index contributed by atoms with van der Waals surface area (Å²) < 4.78 is 38.7. The van der Waals surface area contributed by atoms with Crippen molar-refractivity contribution in [3.63, 3.8) is 0 Å². The van der Waals surface area contributed by atoms with Gasteiger partial charge in [0.05, 0.1) is 20.6 Å². The first-order chi connectivity index (χ1) is 14.8. The number of benzene rings is 3. The number of methoxy groups -OCH3 is 2. The Morgan fingerprint density at radius 1 is 0.935 bits per heavy atom. The number of carbonyl (C=O) groups excluding carboxylic acids is 1. The van der Waals surface area contributed by atoms with Gasteiger partial charge in [-0.3, -0.25) is 9.52 Å². The first kappa shape index (κ1) is 22.5. The summed E-state index contributed by atoms with van der Waals surface area (Å²) in [5.41, 5.74) is 1.34. The molecule has 162 valence electrons. The van der Waals surface area contributed by atoms with Crippen LogP contribution in [-0.2, 0) is 21.2 Å². The first-order valence-corrected chi connectivity index (χ1v) is 11.1. The van der Waals surface area contributed by atoms with Gasteiger partial charge in [0.15, 0.2) is 0 Å². The second kappa shape index (κ2) is 9.72. The number of anilines is 2. The van der Waals surface area contributed by atoms with Crippen LogP contribution in [0, 0.1) is 0 Å². The summed E-state index contributed by atoms with van der Waals surface area (Å²) in [7, 11) is -1.09. The summed E-state index contributed by atoms with van der Waals surface area (Å²) in [6.45, 7) is 0. The third kappa shape index (κ3) is 5.68. The number of ether oxygens (including phenoxy) is 2. The minimum atomic E-state index is -3.99. The van der Waals surface area contributed by atoms with E-state index >= 15 is 0 Å². The zero-order chi connectivity index (χ0) is 22.4. The molecule has 2 N–H and O–H groups in total. The maximum absolute atomic E-state index is 13.0. The van der Waals surface area contributed by atoms with Crippen molar-refractivity contribution in [1.82, 2.24) is 0 Å². The molecule has 0 aliphatic heterocycles. The van der Waals surface area contributed by atoms with Crippen LogP contribution < -0.4 is 19.5 Å². The molecule has 0 saturated heterocycles. The van der Waals surface area contributed by atoms with Crippen LogP contribution in [0.2, 0.25) is 5.02 Å². The summed E-state index contributed by atoms with van der Waals surface area (Å²) >= 11 is 6.10. The summed E-state index contributed by atoms with van der Waals surface area (Å²) in [5, 5.41) is 3.18. The number of carbonyl (C=O) groups is 1. The summed E-state index contributed by atoms with van der Waals surface area (Å²) in [5.74, 6) is 0.415. The standard InChI is InChI=1S/C22H21ClN2O5S/c1-29-18-10-7-16(8-11-18)25-31(27,28)21-14-17(9-12-20(21)30-2)24-22(26)13-15-5-3-4-6-19(15)23/h3-12,14,25H,13H2,1-2H3,(H,24,26). The van der Waals surface area contributed by atoms with Gasteiger partial charge in [-0.05, 0) is 54.1 Å². The van der Waals surface area contributed by atoms with Gasteiger partial charge in [-0.15, -0.1) is 0 Å². The zero-order valence-electron chi connectivity index (χ0n) is 16.9. The molecular weight excluding hydrogens is 440 g/mol. The maximum Gasteiger partial charge on any atom is 0.265 e. The van der Waals surface area contributed by atoms with E-state index in [2.05, 4.69) is 10.0 Å². The minimum absolute atomic E-state index is 0.0535. The van der Waals surface area contributed by atoms with Crippen molar-refractivity contribution < 1.29 is 22.7 Å². The van der Waals surface area contributed by atoms with Gasteiger partial charge in [0.25, 0.3) is 10.0 Å². The van der Waals surface area contributed by atoms with Gasteiger partial charge in [-0.2, -0.15) is 0 Å². The highest BCUT2D eigenvalue weighted by molar-refractivity contribution is 7.92. The fourth-order valence-corrected chi connectivity index (χ4v) is 4.31. The molecule has 1 amide bonds. The van der Waals surface area contributed by atoms with E-state index in [9.17, 15) is 13.2 Å². The lowest BCUT2D eigenvalue weighted by atomic mass is 10.1. The summed E-state index contributed by atoms with van der Waals surface area (Å²) in [4.78, 5) is 12.3. The Bertz CT molecular complexity index is 1180. The van der Waals surface area contributed by atoms with Crippen LogP contribution >= 0.6 is 11.6 Å². The molecule has 0 aliphatic rings. The molecule has 31 heavy (non-hydrogen) atoms. The van der Waals surface area contributed by atoms with E-state index in [1.165, 1.54) is 26.4 Å². The van der Waals surface area contributed by atoms with Crippen LogP contribution in [0.25, 0.3) is 0 Å². The van der Waals surface area contributed by atoms with Gasteiger partial charge in [-0.1, -0.05) is 29.8 Å². The number of hydrogen-bond donors (Lipinski definition) is 2. The highest BCUT2D eigenvalue weighted by atomic mass is 35.5. The molecule has 3 aromatic rings. The normalized spacial score (nSPS) is 10.9. The van der Waals surface area contributed by atoms with Gasteiger partial charge in [-0.25, -0.2) is 8.42 Å². The molecule has 0 spiro atoms. The summed E-state index contributed by atoms with van der Waals surface area (Å²) in [6, 6.07) is 17.9. The van der Waals surface area contributed by atoms with E-state index in [1.54, 1.807) is 54.6 Å². The van der Waals surface area contributed by atoms with Crippen molar-refractivity contribution in [2.24, 2.45) is 0 Å². The van der Waals surface area contributed by atoms with Crippen LogP contribution in [0.3, 0.4) is 0 Å². The smallest absolute Gasteiger partial charge is 0.265 e. The molecule has 0 bridgehead atoms. The predicted molar refractivity (Wildman–Crippen MR) is 121 cm³/mol. The predicted octanol–water partition coefficient (Wildman–Crippen LogP) is 4.34. The van der Waals surface area contributed by atoms with E-state index in [1.807, 2.05) is 0 Å². The Hall–Kier alpha value is -3.23. The van der Waals surface area contributed by atoms with Crippen LogP contribution in [0.5, 0.6) is 11.5 Å². The molecule has 0 radical (unpaired) electrons. The monoisotopic (exact) mass is 460 g/mol. The van der Waals surface area contributed by atoms with Gasteiger partial charge in [0.2, 0.25) is 5.91 Å². The number of sulfonamides is 1. The largest absolute Gasteiger partial charge is 0.497 e. The lowest BCUT2D eigenvalue weighted by Crippen LogP contribution is -2.17. The van der Waals surface area contributed by atoms with Gasteiger partial charge >= 0.3 is 0 Å². The average molecular weight is 461 g/mol. The van der Waals surface area contributed by atoms with Crippen molar-refractivity contribution in [2.75, 3.05) is 24.3 Å². The van der Waals surface area contributed by atoms with Gasteiger partial charge in [0, 0.05) is 16.4 Å².